The Bertz CT molecular complexity index is 1020. The molecule has 0 radical (unpaired) electrons. The summed E-state index contributed by atoms with van der Waals surface area (Å²) in [4.78, 5) is 0. The summed E-state index contributed by atoms with van der Waals surface area (Å²) in [6, 6.07) is 29.1. The van der Waals surface area contributed by atoms with Gasteiger partial charge in [-0.15, -0.1) is 0 Å². The van der Waals surface area contributed by atoms with Crippen LogP contribution >= 0.6 is 0 Å². The molecular formula is C21H13N. The second-order valence-electron chi connectivity index (χ2n) is 5.35. The van der Waals surface area contributed by atoms with Crippen LogP contribution in [0.1, 0.15) is 5.56 Å². The second-order valence-corrected chi connectivity index (χ2v) is 5.35. The van der Waals surface area contributed by atoms with Crippen molar-refractivity contribution >= 4 is 21.5 Å². The predicted molar refractivity (Wildman–Crippen MR) is 91.6 cm³/mol. The van der Waals surface area contributed by atoms with Crippen molar-refractivity contribution < 1.29 is 0 Å². The minimum atomic E-state index is 0.757. The number of hydrogen-bond acceptors (Lipinski definition) is 1. The Hall–Kier alpha value is -3.11. The molecule has 0 aliphatic carbocycles. The van der Waals surface area contributed by atoms with Gasteiger partial charge >= 0.3 is 0 Å². The largest absolute Gasteiger partial charge is 0.192 e. The molecule has 0 amide bonds. The maximum atomic E-state index is 9.75. The molecular weight excluding hydrogens is 266 g/mol. The van der Waals surface area contributed by atoms with Crippen LogP contribution in [0.2, 0.25) is 0 Å². The lowest BCUT2D eigenvalue weighted by molar-refractivity contribution is 1.51. The fourth-order valence-corrected chi connectivity index (χ4v) is 3.10. The van der Waals surface area contributed by atoms with Crippen LogP contribution in [0.3, 0.4) is 0 Å². The van der Waals surface area contributed by atoms with Gasteiger partial charge in [0.25, 0.3) is 0 Å². The zero-order valence-electron chi connectivity index (χ0n) is 12.0. The van der Waals surface area contributed by atoms with E-state index >= 15 is 0 Å². The molecule has 102 valence electrons. The van der Waals surface area contributed by atoms with E-state index in [1.54, 1.807) is 0 Å². The maximum Gasteiger partial charge on any atom is 0.100 e. The lowest BCUT2D eigenvalue weighted by atomic mass is 9.91. The fourth-order valence-electron chi connectivity index (χ4n) is 3.10. The van der Waals surface area contributed by atoms with Gasteiger partial charge in [-0.25, -0.2) is 0 Å². The lowest BCUT2D eigenvalue weighted by Gasteiger charge is -2.11. The Morgan fingerprint density at radius 3 is 2.23 bits per heavy atom. The molecule has 0 aliphatic rings. The van der Waals surface area contributed by atoms with Crippen LogP contribution in [-0.2, 0) is 0 Å². The van der Waals surface area contributed by atoms with Crippen molar-refractivity contribution in [2.24, 2.45) is 0 Å². The molecule has 4 aromatic carbocycles. The van der Waals surface area contributed by atoms with E-state index in [0.717, 1.165) is 38.2 Å². The predicted octanol–water partition coefficient (Wildman–Crippen LogP) is 5.53. The fraction of sp³-hybridized carbons (Fsp3) is 0. The molecule has 0 aromatic heterocycles. The van der Waals surface area contributed by atoms with E-state index in [4.69, 9.17) is 0 Å². The van der Waals surface area contributed by atoms with Gasteiger partial charge in [0, 0.05) is 10.8 Å². The normalized spacial score (nSPS) is 10.7. The number of nitriles is 1. The summed E-state index contributed by atoms with van der Waals surface area (Å²) >= 11 is 0. The highest BCUT2D eigenvalue weighted by molar-refractivity contribution is 6.10. The van der Waals surface area contributed by atoms with Crippen LogP contribution in [0.5, 0.6) is 0 Å². The highest BCUT2D eigenvalue weighted by atomic mass is 14.3. The molecule has 4 rings (SSSR count). The first kappa shape index (κ1) is 12.6. The quantitative estimate of drug-likeness (QED) is 0.420. The van der Waals surface area contributed by atoms with E-state index in [1.165, 1.54) is 0 Å². The van der Waals surface area contributed by atoms with Crippen molar-refractivity contribution in [3.63, 3.8) is 0 Å². The molecule has 0 spiro atoms. The van der Waals surface area contributed by atoms with Crippen LogP contribution in [0.25, 0.3) is 32.7 Å². The summed E-state index contributed by atoms with van der Waals surface area (Å²) < 4.78 is 0. The van der Waals surface area contributed by atoms with Crippen molar-refractivity contribution in [2.75, 3.05) is 0 Å². The molecule has 0 saturated carbocycles. The summed E-state index contributed by atoms with van der Waals surface area (Å²) in [7, 11) is 0. The minimum Gasteiger partial charge on any atom is -0.192 e. The maximum absolute atomic E-state index is 9.75. The Morgan fingerprint density at radius 1 is 0.682 bits per heavy atom. The van der Waals surface area contributed by atoms with Crippen molar-refractivity contribution in [1.29, 1.82) is 5.26 Å². The zero-order valence-corrected chi connectivity index (χ0v) is 12.0. The number of rotatable bonds is 1. The van der Waals surface area contributed by atoms with Crippen molar-refractivity contribution in [2.45, 2.75) is 0 Å². The van der Waals surface area contributed by atoms with E-state index in [2.05, 4.69) is 48.5 Å². The monoisotopic (exact) mass is 279 g/mol. The van der Waals surface area contributed by atoms with E-state index < -0.39 is 0 Å². The Labute approximate surface area is 129 Å². The first-order chi connectivity index (χ1) is 10.9. The van der Waals surface area contributed by atoms with Gasteiger partial charge in [-0.05, 0) is 28.0 Å². The molecule has 0 saturated heterocycles. The topological polar surface area (TPSA) is 23.8 Å². The van der Waals surface area contributed by atoms with Crippen molar-refractivity contribution in [1.82, 2.24) is 0 Å². The molecule has 22 heavy (non-hydrogen) atoms. The molecule has 0 N–H and O–H groups in total. The van der Waals surface area contributed by atoms with Crippen LogP contribution in [0, 0.1) is 11.3 Å². The molecule has 0 bridgehead atoms. The van der Waals surface area contributed by atoms with E-state index in [1.807, 2.05) is 36.4 Å². The lowest BCUT2D eigenvalue weighted by Crippen LogP contribution is -1.88. The van der Waals surface area contributed by atoms with Gasteiger partial charge in [0.15, 0.2) is 0 Å². The van der Waals surface area contributed by atoms with Gasteiger partial charge < -0.3 is 0 Å². The number of fused-ring (bicyclic) bond motifs is 2. The average molecular weight is 279 g/mol. The summed E-state index contributed by atoms with van der Waals surface area (Å²) in [5.41, 5.74) is 3.01. The van der Waals surface area contributed by atoms with Crippen LogP contribution in [0.15, 0.2) is 78.9 Å². The summed E-state index contributed by atoms with van der Waals surface area (Å²) in [5.74, 6) is 0. The Kier molecular flexibility index (Phi) is 2.88. The average Bonchev–Trinajstić information content (AvgIpc) is 2.60. The van der Waals surface area contributed by atoms with Gasteiger partial charge in [0.2, 0.25) is 0 Å². The highest BCUT2D eigenvalue weighted by Crippen LogP contribution is 2.35. The minimum absolute atomic E-state index is 0.757. The van der Waals surface area contributed by atoms with E-state index in [-0.39, 0.29) is 0 Å². The molecule has 0 aliphatic heterocycles. The third-order valence-corrected chi connectivity index (χ3v) is 4.08. The molecule has 0 heterocycles. The van der Waals surface area contributed by atoms with Gasteiger partial charge in [-0.2, -0.15) is 5.26 Å². The molecule has 0 unspecified atom stereocenters. The molecule has 1 nitrogen and oxygen atoms in total. The SMILES string of the molecule is N#Cc1c2ccccc2cc2cccc(-c3ccccc3)c12. The number of benzene rings is 4. The van der Waals surface area contributed by atoms with Crippen LogP contribution in [-0.4, -0.2) is 0 Å². The van der Waals surface area contributed by atoms with Crippen LogP contribution < -0.4 is 0 Å². The van der Waals surface area contributed by atoms with Gasteiger partial charge in [0.1, 0.15) is 6.07 Å². The van der Waals surface area contributed by atoms with Gasteiger partial charge in [-0.1, -0.05) is 72.8 Å². The Morgan fingerprint density at radius 2 is 1.41 bits per heavy atom. The van der Waals surface area contributed by atoms with Crippen molar-refractivity contribution in [3.8, 4) is 17.2 Å². The zero-order chi connectivity index (χ0) is 14.9. The van der Waals surface area contributed by atoms with E-state index in [9.17, 15) is 5.26 Å². The second kappa shape index (κ2) is 5.02. The molecule has 4 aromatic rings. The first-order valence-corrected chi connectivity index (χ1v) is 7.28. The molecule has 0 atom stereocenters. The molecule has 0 fully saturated rings. The Balaban J connectivity index is 2.21. The number of hydrogen-bond donors (Lipinski definition) is 0. The van der Waals surface area contributed by atoms with E-state index in [0.29, 0.717) is 0 Å². The smallest absolute Gasteiger partial charge is 0.100 e. The highest BCUT2D eigenvalue weighted by Gasteiger charge is 2.11. The van der Waals surface area contributed by atoms with Crippen LogP contribution in [0.4, 0.5) is 0 Å². The third-order valence-electron chi connectivity index (χ3n) is 4.08. The number of nitrogens with zero attached hydrogens (tertiary/aromatic N) is 1. The van der Waals surface area contributed by atoms with Crippen molar-refractivity contribution in [3.05, 3.63) is 84.4 Å². The van der Waals surface area contributed by atoms with Gasteiger partial charge in [0.05, 0.1) is 5.56 Å². The third kappa shape index (κ3) is 1.86. The molecule has 1 heteroatoms. The van der Waals surface area contributed by atoms with Gasteiger partial charge in [-0.3, -0.25) is 0 Å². The first-order valence-electron chi connectivity index (χ1n) is 7.28. The summed E-state index contributed by atoms with van der Waals surface area (Å²) in [6.45, 7) is 0. The summed E-state index contributed by atoms with van der Waals surface area (Å²) in [5, 5.41) is 14.0. The standard InChI is InChI=1S/C21H13N/c22-14-20-18-11-5-4-9-16(18)13-17-10-6-12-19(21(17)20)15-7-2-1-3-8-15/h1-13H. The summed E-state index contributed by atoms with van der Waals surface area (Å²) in [6.07, 6.45) is 0.